The summed E-state index contributed by atoms with van der Waals surface area (Å²) >= 11 is 1.27. The van der Waals surface area contributed by atoms with Gasteiger partial charge >= 0.3 is 0 Å². The molecular weight excluding hydrogens is 263 g/mol. The van der Waals surface area contributed by atoms with E-state index in [9.17, 15) is 9.18 Å². The highest BCUT2D eigenvalue weighted by Crippen LogP contribution is 2.36. The molecule has 2 nitrogen and oxygen atoms in total. The Morgan fingerprint density at radius 2 is 1.89 bits per heavy atom. The highest BCUT2D eigenvalue weighted by atomic mass is 32.2. The molecule has 0 saturated heterocycles. The lowest BCUT2D eigenvalue weighted by Crippen LogP contribution is -1.94. The summed E-state index contributed by atoms with van der Waals surface area (Å²) in [6.45, 7) is 1.42. The van der Waals surface area contributed by atoms with Crippen LogP contribution in [0.2, 0.25) is 0 Å². The second-order valence-electron chi connectivity index (χ2n) is 3.95. The first-order chi connectivity index (χ1) is 9.11. The first-order valence-electron chi connectivity index (χ1n) is 5.73. The maximum absolute atomic E-state index is 13.9. The zero-order chi connectivity index (χ0) is 13.8. The van der Waals surface area contributed by atoms with Crippen LogP contribution in [0.25, 0.3) is 0 Å². The fraction of sp³-hybridized carbons (Fsp3) is 0.133. The Morgan fingerprint density at radius 3 is 2.53 bits per heavy atom. The van der Waals surface area contributed by atoms with Crippen molar-refractivity contribution in [3.8, 4) is 5.75 Å². The Hall–Kier alpha value is -1.81. The summed E-state index contributed by atoms with van der Waals surface area (Å²) in [7, 11) is 1.58. The maximum Gasteiger partial charge on any atom is 0.159 e. The highest BCUT2D eigenvalue weighted by molar-refractivity contribution is 7.99. The molecule has 0 saturated carbocycles. The van der Waals surface area contributed by atoms with Crippen molar-refractivity contribution >= 4 is 17.5 Å². The summed E-state index contributed by atoms with van der Waals surface area (Å²) in [4.78, 5) is 12.5. The van der Waals surface area contributed by atoms with Crippen molar-refractivity contribution in [3.63, 3.8) is 0 Å². The Balaban J connectivity index is 2.31. The second-order valence-corrected chi connectivity index (χ2v) is 5.04. The first-order valence-corrected chi connectivity index (χ1v) is 6.55. The van der Waals surface area contributed by atoms with Gasteiger partial charge in [-0.15, -0.1) is 0 Å². The molecule has 0 bridgehead atoms. The van der Waals surface area contributed by atoms with E-state index in [1.165, 1.54) is 24.8 Å². The van der Waals surface area contributed by atoms with Crippen LogP contribution in [0.1, 0.15) is 17.3 Å². The molecule has 2 aromatic rings. The van der Waals surface area contributed by atoms with Gasteiger partial charge in [-0.25, -0.2) is 4.39 Å². The zero-order valence-corrected chi connectivity index (χ0v) is 11.5. The summed E-state index contributed by atoms with van der Waals surface area (Å²) in [5.41, 5.74) is 0.377. The van der Waals surface area contributed by atoms with Gasteiger partial charge in [0, 0.05) is 10.5 Å². The van der Waals surface area contributed by atoms with Crippen LogP contribution in [-0.4, -0.2) is 12.9 Å². The van der Waals surface area contributed by atoms with Crippen molar-refractivity contribution < 1.29 is 13.9 Å². The third kappa shape index (κ3) is 3.15. The average Bonchev–Trinajstić information content (AvgIpc) is 2.41. The fourth-order valence-corrected chi connectivity index (χ4v) is 2.55. The molecule has 0 aliphatic carbocycles. The van der Waals surface area contributed by atoms with Crippen LogP contribution in [-0.2, 0) is 0 Å². The number of carbonyl (C=O) groups is 1. The number of halogens is 1. The lowest BCUT2D eigenvalue weighted by atomic mass is 10.1. The number of hydrogen-bond donors (Lipinski definition) is 0. The molecule has 0 heterocycles. The van der Waals surface area contributed by atoms with E-state index < -0.39 is 5.82 Å². The molecule has 0 radical (unpaired) electrons. The lowest BCUT2D eigenvalue weighted by Gasteiger charge is -2.08. The van der Waals surface area contributed by atoms with Gasteiger partial charge < -0.3 is 4.74 Å². The Morgan fingerprint density at radius 1 is 1.16 bits per heavy atom. The van der Waals surface area contributed by atoms with E-state index in [0.29, 0.717) is 16.2 Å². The molecule has 4 heteroatoms. The van der Waals surface area contributed by atoms with Crippen LogP contribution in [0, 0.1) is 5.82 Å². The molecule has 2 aromatic carbocycles. The monoisotopic (exact) mass is 276 g/mol. The SMILES string of the molecule is COc1ccccc1Sc1ccc(C(C)=O)cc1F. The minimum Gasteiger partial charge on any atom is -0.496 e. The van der Waals surface area contributed by atoms with Crippen LogP contribution < -0.4 is 4.74 Å². The topological polar surface area (TPSA) is 26.3 Å². The second kappa shape index (κ2) is 5.89. The fourth-order valence-electron chi connectivity index (χ4n) is 1.62. The van der Waals surface area contributed by atoms with Crippen molar-refractivity contribution in [2.24, 2.45) is 0 Å². The van der Waals surface area contributed by atoms with Crippen molar-refractivity contribution in [1.29, 1.82) is 0 Å². The van der Waals surface area contributed by atoms with Gasteiger partial charge in [0.15, 0.2) is 5.78 Å². The average molecular weight is 276 g/mol. The molecule has 0 aliphatic heterocycles. The quantitative estimate of drug-likeness (QED) is 0.783. The summed E-state index contributed by atoms with van der Waals surface area (Å²) in [6.07, 6.45) is 0. The number of rotatable bonds is 4. The molecule has 2 rings (SSSR count). The molecular formula is C15H13FO2S. The van der Waals surface area contributed by atoms with Crippen LogP contribution >= 0.6 is 11.8 Å². The Labute approximate surface area is 115 Å². The highest BCUT2D eigenvalue weighted by Gasteiger charge is 2.10. The van der Waals surface area contributed by atoms with Crippen molar-refractivity contribution in [2.75, 3.05) is 7.11 Å². The van der Waals surface area contributed by atoms with E-state index in [1.807, 2.05) is 24.3 Å². The van der Waals surface area contributed by atoms with Gasteiger partial charge in [0.05, 0.1) is 12.0 Å². The van der Waals surface area contributed by atoms with E-state index >= 15 is 0 Å². The minimum absolute atomic E-state index is 0.146. The summed E-state index contributed by atoms with van der Waals surface area (Å²) in [6, 6.07) is 11.9. The van der Waals surface area contributed by atoms with E-state index in [4.69, 9.17) is 4.74 Å². The number of hydrogen-bond acceptors (Lipinski definition) is 3. The largest absolute Gasteiger partial charge is 0.496 e. The molecule has 0 spiro atoms. The molecule has 0 aromatic heterocycles. The van der Waals surface area contributed by atoms with Crippen LogP contribution in [0.15, 0.2) is 52.3 Å². The number of methoxy groups -OCH3 is 1. The summed E-state index contributed by atoms with van der Waals surface area (Å²) in [5, 5.41) is 0. The number of carbonyl (C=O) groups excluding carboxylic acids is 1. The minimum atomic E-state index is -0.399. The van der Waals surface area contributed by atoms with Gasteiger partial charge in [0.1, 0.15) is 11.6 Å². The molecule has 0 N–H and O–H groups in total. The van der Waals surface area contributed by atoms with E-state index in [1.54, 1.807) is 19.2 Å². The van der Waals surface area contributed by atoms with Gasteiger partial charge in [0.2, 0.25) is 0 Å². The Kier molecular flexibility index (Phi) is 4.22. The predicted molar refractivity (Wildman–Crippen MR) is 73.5 cm³/mol. The predicted octanol–water partition coefficient (Wildman–Crippen LogP) is 4.19. The van der Waals surface area contributed by atoms with Crippen LogP contribution in [0.5, 0.6) is 5.75 Å². The van der Waals surface area contributed by atoms with Gasteiger partial charge in [0.25, 0.3) is 0 Å². The maximum atomic E-state index is 13.9. The zero-order valence-electron chi connectivity index (χ0n) is 10.6. The van der Waals surface area contributed by atoms with E-state index in [-0.39, 0.29) is 5.78 Å². The first kappa shape index (κ1) is 13.6. The number of para-hydroxylation sites is 1. The smallest absolute Gasteiger partial charge is 0.159 e. The van der Waals surface area contributed by atoms with Crippen molar-refractivity contribution in [2.45, 2.75) is 16.7 Å². The molecule has 0 fully saturated rings. The third-order valence-corrected chi connectivity index (χ3v) is 3.74. The van der Waals surface area contributed by atoms with Crippen molar-refractivity contribution in [3.05, 3.63) is 53.8 Å². The van der Waals surface area contributed by atoms with Gasteiger partial charge in [-0.3, -0.25) is 4.79 Å². The van der Waals surface area contributed by atoms with Crippen LogP contribution in [0.3, 0.4) is 0 Å². The van der Waals surface area contributed by atoms with Crippen molar-refractivity contribution in [1.82, 2.24) is 0 Å². The summed E-state index contributed by atoms with van der Waals surface area (Å²) in [5.74, 6) is 0.152. The number of Topliss-reactive ketones (excluding diaryl/α,β-unsaturated/α-hetero) is 1. The van der Waals surface area contributed by atoms with Gasteiger partial charge in [-0.05, 0) is 31.2 Å². The van der Waals surface area contributed by atoms with E-state index in [0.717, 1.165) is 4.90 Å². The molecule has 0 aliphatic rings. The lowest BCUT2D eigenvalue weighted by molar-refractivity contribution is 0.101. The molecule has 0 unspecified atom stereocenters. The Bertz CT molecular complexity index is 611. The van der Waals surface area contributed by atoms with Gasteiger partial charge in [-0.2, -0.15) is 0 Å². The molecule has 98 valence electrons. The van der Waals surface area contributed by atoms with Crippen LogP contribution in [0.4, 0.5) is 4.39 Å². The summed E-state index contributed by atoms with van der Waals surface area (Å²) < 4.78 is 19.1. The number of benzene rings is 2. The van der Waals surface area contributed by atoms with E-state index in [2.05, 4.69) is 0 Å². The normalized spacial score (nSPS) is 10.3. The standard InChI is InChI=1S/C15H13FO2S/c1-10(17)11-7-8-14(12(16)9-11)19-15-6-4-3-5-13(15)18-2/h3-9H,1-2H3. The van der Waals surface area contributed by atoms with Gasteiger partial charge in [-0.1, -0.05) is 30.0 Å². The third-order valence-electron chi connectivity index (χ3n) is 2.63. The molecule has 0 amide bonds. The molecule has 19 heavy (non-hydrogen) atoms. The number of ether oxygens (including phenoxy) is 1. The molecule has 0 atom stereocenters. The number of ketones is 1.